The Morgan fingerprint density at radius 3 is 2.26 bits per heavy atom. The van der Waals surface area contributed by atoms with Crippen molar-refractivity contribution in [1.82, 2.24) is 15.2 Å². The monoisotopic (exact) mass is 455 g/mol. The molecule has 1 N–H and O–H groups in total. The molecule has 2 atom stereocenters. The molecule has 0 spiro atoms. The molecule has 1 saturated heterocycles. The maximum Gasteiger partial charge on any atom is 0.270 e. The lowest BCUT2D eigenvalue weighted by Crippen LogP contribution is -2.43. The van der Waals surface area contributed by atoms with Gasteiger partial charge in [0.25, 0.3) is 5.91 Å². The average Bonchev–Trinajstić information content (AvgIpc) is 3.31. The van der Waals surface area contributed by atoms with E-state index in [1.54, 1.807) is 12.3 Å². The zero-order valence-corrected chi connectivity index (χ0v) is 20.2. The topological polar surface area (TPSA) is 62.3 Å². The van der Waals surface area contributed by atoms with E-state index in [2.05, 4.69) is 43.2 Å². The Labute approximate surface area is 202 Å². The van der Waals surface area contributed by atoms with Crippen LogP contribution in [0.25, 0.3) is 11.1 Å². The summed E-state index contributed by atoms with van der Waals surface area (Å²) in [4.78, 5) is 32.5. The van der Waals surface area contributed by atoms with Crippen molar-refractivity contribution in [2.24, 2.45) is 11.3 Å². The van der Waals surface area contributed by atoms with Crippen LogP contribution in [0, 0.1) is 11.3 Å². The Balaban J connectivity index is 1.36. The second kappa shape index (κ2) is 10.2. The van der Waals surface area contributed by atoms with Gasteiger partial charge in [0.1, 0.15) is 5.69 Å². The number of nitrogens with one attached hydrogen (secondary N) is 1. The van der Waals surface area contributed by atoms with Gasteiger partial charge in [-0.25, -0.2) is 0 Å². The second-order valence-electron chi connectivity index (χ2n) is 10.1. The molecule has 176 valence electrons. The Morgan fingerprint density at radius 2 is 1.65 bits per heavy atom. The molecule has 3 aromatic rings. The van der Waals surface area contributed by atoms with E-state index in [4.69, 9.17) is 0 Å². The summed E-state index contributed by atoms with van der Waals surface area (Å²) in [7, 11) is 0. The number of aromatic nitrogens is 1. The van der Waals surface area contributed by atoms with Crippen molar-refractivity contribution >= 4 is 11.8 Å². The van der Waals surface area contributed by atoms with Gasteiger partial charge >= 0.3 is 0 Å². The third kappa shape index (κ3) is 5.71. The van der Waals surface area contributed by atoms with Gasteiger partial charge in [0, 0.05) is 36.8 Å². The highest BCUT2D eigenvalue weighted by Gasteiger charge is 2.37. The lowest BCUT2D eigenvalue weighted by molar-refractivity contribution is -0.138. The van der Waals surface area contributed by atoms with Gasteiger partial charge in [0.2, 0.25) is 5.91 Å². The van der Waals surface area contributed by atoms with Crippen LogP contribution in [0.1, 0.15) is 43.2 Å². The van der Waals surface area contributed by atoms with Crippen LogP contribution in [0.3, 0.4) is 0 Å². The number of benzene rings is 2. The van der Waals surface area contributed by atoms with Crippen molar-refractivity contribution in [3.8, 4) is 11.1 Å². The lowest BCUT2D eigenvalue weighted by atomic mass is 9.76. The molecule has 2 aromatic carbocycles. The molecule has 1 aliphatic heterocycles. The Bertz CT molecular complexity index is 1110. The van der Waals surface area contributed by atoms with Crippen LogP contribution in [0.4, 0.5) is 0 Å². The standard InChI is InChI=1S/C29H33N3O2/c1-29(2,3)25(18-21-10-6-4-7-11-21)28(34)32-17-16-24(20-32)31-27(33)26-15-14-23(19-30-26)22-12-8-5-9-13-22/h4-15,19,24-25H,16-18,20H2,1-3H3,(H,31,33)/t24-,25?/m1/s1. The number of pyridine rings is 1. The number of nitrogens with zero attached hydrogens (tertiary/aromatic N) is 2. The van der Waals surface area contributed by atoms with Crippen LogP contribution >= 0.6 is 0 Å². The van der Waals surface area contributed by atoms with Crippen LogP contribution in [-0.2, 0) is 11.2 Å². The highest BCUT2D eigenvalue weighted by Crippen LogP contribution is 2.32. The molecule has 1 fully saturated rings. The lowest BCUT2D eigenvalue weighted by Gasteiger charge is -2.33. The van der Waals surface area contributed by atoms with Crippen molar-refractivity contribution in [2.75, 3.05) is 13.1 Å². The number of hydrogen-bond donors (Lipinski definition) is 1. The highest BCUT2D eigenvalue weighted by molar-refractivity contribution is 5.93. The third-order valence-electron chi connectivity index (χ3n) is 6.56. The van der Waals surface area contributed by atoms with E-state index in [9.17, 15) is 9.59 Å². The van der Waals surface area contributed by atoms with Gasteiger partial charge in [0.05, 0.1) is 0 Å². The van der Waals surface area contributed by atoms with Gasteiger partial charge in [0.15, 0.2) is 0 Å². The molecule has 5 heteroatoms. The first-order valence-corrected chi connectivity index (χ1v) is 12.0. The zero-order valence-electron chi connectivity index (χ0n) is 20.2. The van der Waals surface area contributed by atoms with E-state index in [0.29, 0.717) is 25.2 Å². The Hall–Kier alpha value is -3.47. The zero-order chi connectivity index (χ0) is 24.1. The van der Waals surface area contributed by atoms with Crippen LogP contribution in [0.2, 0.25) is 0 Å². The maximum atomic E-state index is 13.5. The molecule has 0 radical (unpaired) electrons. The van der Waals surface area contributed by atoms with Crippen molar-refractivity contribution in [3.05, 3.63) is 90.3 Å². The summed E-state index contributed by atoms with van der Waals surface area (Å²) in [6, 6.07) is 23.8. The van der Waals surface area contributed by atoms with E-state index < -0.39 is 0 Å². The molecule has 1 aromatic heterocycles. The maximum absolute atomic E-state index is 13.5. The minimum atomic E-state index is -0.199. The average molecular weight is 456 g/mol. The Morgan fingerprint density at radius 1 is 0.971 bits per heavy atom. The van der Waals surface area contributed by atoms with Crippen molar-refractivity contribution < 1.29 is 9.59 Å². The summed E-state index contributed by atoms with van der Waals surface area (Å²) in [5.41, 5.74) is 3.45. The fourth-order valence-corrected chi connectivity index (χ4v) is 4.50. The highest BCUT2D eigenvalue weighted by atomic mass is 16.2. The largest absolute Gasteiger partial charge is 0.346 e. The summed E-state index contributed by atoms with van der Waals surface area (Å²) in [6.45, 7) is 7.56. The summed E-state index contributed by atoms with van der Waals surface area (Å²) in [5.74, 6) is -0.148. The van der Waals surface area contributed by atoms with Crippen LogP contribution < -0.4 is 5.32 Å². The molecule has 2 heterocycles. The summed E-state index contributed by atoms with van der Waals surface area (Å²) in [5, 5.41) is 3.07. The molecule has 1 aliphatic rings. The molecular weight excluding hydrogens is 422 g/mol. The normalized spacial score (nSPS) is 16.8. The van der Waals surface area contributed by atoms with E-state index in [1.165, 1.54) is 5.56 Å². The predicted octanol–water partition coefficient (Wildman–Crippen LogP) is 4.98. The van der Waals surface area contributed by atoms with Crippen LogP contribution in [-0.4, -0.2) is 40.8 Å². The van der Waals surface area contributed by atoms with Gasteiger partial charge in [-0.3, -0.25) is 14.6 Å². The first-order chi connectivity index (χ1) is 16.3. The number of carbonyl (C=O) groups excluding carboxylic acids is 2. The second-order valence-corrected chi connectivity index (χ2v) is 10.1. The SMILES string of the molecule is CC(C)(C)C(Cc1ccccc1)C(=O)N1CC[C@@H](NC(=O)c2ccc(-c3ccccc3)cn2)C1. The van der Waals surface area contributed by atoms with Gasteiger partial charge in [-0.15, -0.1) is 0 Å². The number of likely N-dealkylation sites (tertiary alicyclic amines) is 1. The Kier molecular flexibility index (Phi) is 7.11. The number of rotatable bonds is 6. The van der Waals surface area contributed by atoms with E-state index in [-0.39, 0.29) is 29.2 Å². The fraction of sp³-hybridized carbons (Fsp3) is 0.345. The number of carbonyl (C=O) groups is 2. The summed E-state index contributed by atoms with van der Waals surface area (Å²) < 4.78 is 0. The van der Waals surface area contributed by atoms with Gasteiger partial charge in [-0.05, 0) is 35.4 Å². The minimum absolute atomic E-state index is 0.0654. The molecule has 0 saturated carbocycles. The smallest absolute Gasteiger partial charge is 0.270 e. The molecule has 34 heavy (non-hydrogen) atoms. The summed E-state index contributed by atoms with van der Waals surface area (Å²) in [6.07, 6.45) is 3.20. The van der Waals surface area contributed by atoms with Crippen molar-refractivity contribution in [3.63, 3.8) is 0 Å². The third-order valence-corrected chi connectivity index (χ3v) is 6.56. The molecule has 4 rings (SSSR count). The quantitative estimate of drug-likeness (QED) is 0.570. The fourth-order valence-electron chi connectivity index (χ4n) is 4.50. The molecule has 2 amide bonds. The number of hydrogen-bond acceptors (Lipinski definition) is 3. The van der Waals surface area contributed by atoms with Gasteiger partial charge < -0.3 is 10.2 Å². The van der Waals surface area contributed by atoms with Crippen LogP contribution in [0.15, 0.2) is 79.0 Å². The minimum Gasteiger partial charge on any atom is -0.346 e. The molecule has 0 bridgehead atoms. The van der Waals surface area contributed by atoms with E-state index >= 15 is 0 Å². The molecular formula is C29H33N3O2. The summed E-state index contributed by atoms with van der Waals surface area (Å²) >= 11 is 0. The van der Waals surface area contributed by atoms with Crippen molar-refractivity contribution in [2.45, 2.75) is 39.7 Å². The molecule has 1 unspecified atom stereocenters. The van der Waals surface area contributed by atoms with E-state index in [1.807, 2.05) is 59.5 Å². The van der Waals surface area contributed by atoms with E-state index in [0.717, 1.165) is 17.5 Å². The molecule has 0 aliphatic carbocycles. The van der Waals surface area contributed by atoms with Gasteiger partial charge in [-0.1, -0.05) is 87.5 Å². The number of amides is 2. The first kappa shape index (κ1) is 23.7. The first-order valence-electron chi connectivity index (χ1n) is 12.0. The van der Waals surface area contributed by atoms with Gasteiger partial charge in [-0.2, -0.15) is 0 Å². The van der Waals surface area contributed by atoms with Crippen molar-refractivity contribution in [1.29, 1.82) is 0 Å². The molecule has 5 nitrogen and oxygen atoms in total. The predicted molar refractivity (Wildman–Crippen MR) is 135 cm³/mol. The van der Waals surface area contributed by atoms with Crippen LogP contribution in [0.5, 0.6) is 0 Å².